The lowest BCUT2D eigenvalue weighted by Crippen LogP contribution is -1.98. The number of rotatable bonds is 3. The standard InChI is InChI=1S/C16H13FN2O3/c1-8-13-12(22-15(8)16(20)21)6-5-11(17)14(13)19-10-4-2-3-9(18)7-10/h2-7,19H,18H2,1H3,(H,20,21). The van der Waals surface area contributed by atoms with Crippen molar-refractivity contribution >= 4 is 34.0 Å². The highest BCUT2D eigenvalue weighted by Crippen LogP contribution is 2.35. The van der Waals surface area contributed by atoms with Crippen molar-refractivity contribution in [2.45, 2.75) is 6.92 Å². The summed E-state index contributed by atoms with van der Waals surface area (Å²) in [6.07, 6.45) is 0. The molecule has 1 aromatic heterocycles. The zero-order valence-electron chi connectivity index (χ0n) is 11.7. The van der Waals surface area contributed by atoms with Crippen molar-refractivity contribution in [2.24, 2.45) is 0 Å². The van der Waals surface area contributed by atoms with Gasteiger partial charge in [-0.1, -0.05) is 6.07 Å². The highest BCUT2D eigenvalue weighted by Gasteiger charge is 2.21. The van der Waals surface area contributed by atoms with Gasteiger partial charge in [0.05, 0.1) is 11.1 Å². The number of nitrogen functional groups attached to an aromatic ring is 1. The van der Waals surface area contributed by atoms with Crippen LogP contribution in [0.3, 0.4) is 0 Å². The molecule has 3 rings (SSSR count). The molecule has 0 spiro atoms. The van der Waals surface area contributed by atoms with Crippen LogP contribution in [0, 0.1) is 12.7 Å². The second-order valence-corrected chi connectivity index (χ2v) is 4.91. The van der Waals surface area contributed by atoms with Crippen molar-refractivity contribution in [1.82, 2.24) is 0 Å². The molecule has 112 valence electrons. The lowest BCUT2D eigenvalue weighted by molar-refractivity contribution is 0.0664. The summed E-state index contributed by atoms with van der Waals surface area (Å²) in [7, 11) is 0. The van der Waals surface area contributed by atoms with Crippen LogP contribution in [-0.2, 0) is 0 Å². The van der Waals surface area contributed by atoms with Gasteiger partial charge in [-0.15, -0.1) is 0 Å². The molecule has 0 saturated heterocycles. The van der Waals surface area contributed by atoms with Gasteiger partial charge in [-0.05, 0) is 37.3 Å². The quantitative estimate of drug-likeness (QED) is 0.638. The van der Waals surface area contributed by atoms with Crippen molar-refractivity contribution in [3.63, 3.8) is 0 Å². The van der Waals surface area contributed by atoms with Crippen LogP contribution in [0.1, 0.15) is 16.1 Å². The maximum Gasteiger partial charge on any atom is 0.372 e. The Morgan fingerprint density at radius 2 is 2.09 bits per heavy atom. The van der Waals surface area contributed by atoms with Crippen LogP contribution in [-0.4, -0.2) is 11.1 Å². The maximum atomic E-state index is 14.2. The summed E-state index contributed by atoms with van der Waals surface area (Å²) in [6, 6.07) is 9.49. The fourth-order valence-corrected chi connectivity index (χ4v) is 2.40. The lowest BCUT2D eigenvalue weighted by atomic mass is 10.1. The Bertz CT molecular complexity index is 886. The minimum Gasteiger partial charge on any atom is -0.475 e. The van der Waals surface area contributed by atoms with Crippen LogP contribution in [0.4, 0.5) is 21.5 Å². The topological polar surface area (TPSA) is 88.5 Å². The average molecular weight is 300 g/mol. The van der Waals surface area contributed by atoms with E-state index >= 15 is 0 Å². The number of benzene rings is 2. The molecular formula is C16H13FN2O3. The number of aromatic carboxylic acids is 1. The van der Waals surface area contributed by atoms with Crippen molar-refractivity contribution in [1.29, 1.82) is 0 Å². The highest BCUT2D eigenvalue weighted by molar-refractivity contribution is 6.01. The molecule has 5 nitrogen and oxygen atoms in total. The Morgan fingerprint density at radius 1 is 1.32 bits per heavy atom. The minimum absolute atomic E-state index is 0.164. The van der Waals surface area contributed by atoms with Crippen molar-refractivity contribution in [3.05, 3.63) is 53.5 Å². The van der Waals surface area contributed by atoms with Crippen molar-refractivity contribution < 1.29 is 18.7 Å². The molecule has 22 heavy (non-hydrogen) atoms. The molecule has 4 N–H and O–H groups in total. The summed E-state index contributed by atoms with van der Waals surface area (Å²) in [6.45, 7) is 1.58. The van der Waals surface area contributed by atoms with Gasteiger partial charge in [-0.3, -0.25) is 0 Å². The number of hydrogen-bond donors (Lipinski definition) is 3. The third kappa shape index (κ3) is 2.24. The molecule has 0 atom stereocenters. The third-order valence-electron chi connectivity index (χ3n) is 3.39. The van der Waals surface area contributed by atoms with E-state index in [0.29, 0.717) is 27.9 Å². The summed E-state index contributed by atoms with van der Waals surface area (Å²) in [5, 5.41) is 12.5. The zero-order chi connectivity index (χ0) is 15.9. The second kappa shape index (κ2) is 5.07. The lowest BCUT2D eigenvalue weighted by Gasteiger charge is -2.10. The van der Waals surface area contributed by atoms with E-state index in [1.54, 1.807) is 31.2 Å². The largest absolute Gasteiger partial charge is 0.475 e. The van der Waals surface area contributed by atoms with Crippen LogP contribution in [0.25, 0.3) is 11.0 Å². The van der Waals surface area contributed by atoms with Gasteiger partial charge in [-0.2, -0.15) is 0 Å². The molecule has 0 radical (unpaired) electrons. The van der Waals surface area contributed by atoms with Crippen LogP contribution < -0.4 is 11.1 Å². The molecule has 0 unspecified atom stereocenters. The molecule has 3 aromatic rings. The number of nitrogens with one attached hydrogen (secondary N) is 1. The number of nitrogens with two attached hydrogens (primary N) is 1. The minimum atomic E-state index is -1.19. The Morgan fingerprint density at radius 3 is 2.77 bits per heavy atom. The first-order chi connectivity index (χ1) is 10.5. The normalized spacial score (nSPS) is 10.8. The Hall–Kier alpha value is -3.02. The van der Waals surface area contributed by atoms with Gasteiger partial charge >= 0.3 is 5.97 Å². The van der Waals surface area contributed by atoms with E-state index in [2.05, 4.69) is 5.32 Å². The molecule has 0 aliphatic rings. The molecule has 0 aliphatic carbocycles. The summed E-state index contributed by atoms with van der Waals surface area (Å²) < 4.78 is 19.5. The van der Waals surface area contributed by atoms with Gasteiger partial charge in [0.1, 0.15) is 11.4 Å². The Labute approximate surface area is 125 Å². The molecule has 0 bridgehead atoms. The predicted molar refractivity (Wildman–Crippen MR) is 82.0 cm³/mol. The maximum absolute atomic E-state index is 14.2. The van der Waals surface area contributed by atoms with E-state index in [9.17, 15) is 9.18 Å². The number of anilines is 3. The van der Waals surface area contributed by atoms with Crippen LogP contribution in [0.2, 0.25) is 0 Å². The number of carboxylic acid groups (broad SMARTS) is 1. The number of fused-ring (bicyclic) bond motifs is 1. The van der Waals surface area contributed by atoms with E-state index < -0.39 is 11.8 Å². The number of carboxylic acids is 1. The highest BCUT2D eigenvalue weighted by atomic mass is 19.1. The zero-order valence-corrected chi connectivity index (χ0v) is 11.7. The molecule has 0 fully saturated rings. The molecule has 2 aromatic carbocycles. The monoisotopic (exact) mass is 300 g/mol. The summed E-state index contributed by atoms with van der Waals surface area (Å²) in [4.78, 5) is 11.2. The second-order valence-electron chi connectivity index (χ2n) is 4.91. The van der Waals surface area contributed by atoms with Gasteiger partial charge in [0, 0.05) is 16.9 Å². The Balaban J connectivity index is 2.19. The molecule has 6 heteroatoms. The molecule has 0 amide bonds. The average Bonchev–Trinajstić information content (AvgIpc) is 2.80. The molecule has 1 heterocycles. The molecule has 0 saturated carbocycles. The van der Waals surface area contributed by atoms with E-state index in [4.69, 9.17) is 15.3 Å². The fraction of sp³-hybridized carbons (Fsp3) is 0.0625. The number of aryl methyl sites for hydroxylation is 1. The summed E-state index contributed by atoms with van der Waals surface area (Å²) in [5.41, 5.74) is 7.68. The van der Waals surface area contributed by atoms with E-state index in [1.807, 2.05) is 0 Å². The van der Waals surface area contributed by atoms with Gasteiger partial charge in [0.15, 0.2) is 0 Å². The first-order valence-corrected chi connectivity index (χ1v) is 6.55. The van der Waals surface area contributed by atoms with Gasteiger partial charge < -0.3 is 20.6 Å². The van der Waals surface area contributed by atoms with Gasteiger partial charge in [0.25, 0.3) is 0 Å². The smallest absolute Gasteiger partial charge is 0.372 e. The molecular weight excluding hydrogens is 287 g/mol. The SMILES string of the molecule is Cc1c(C(=O)O)oc2ccc(F)c(Nc3cccc(N)c3)c12. The Kier molecular flexibility index (Phi) is 3.21. The molecule has 0 aliphatic heterocycles. The first-order valence-electron chi connectivity index (χ1n) is 6.55. The van der Waals surface area contributed by atoms with E-state index in [1.165, 1.54) is 12.1 Å². The number of hydrogen-bond acceptors (Lipinski definition) is 4. The summed E-state index contributed by atoms with van der Waals surface area (Å²) in [5.74, 6) is -1.89. The van der Waals surface area contributed by atoms with Crippen molar-refractivity contribution in [3.8, 4) is 0 Å². The van der Waals surface area contributed by atoms with Gasteiger partial charge in [0.2, 0.25) is 5.76 Å². The van der Waals surface area contributed by atoms with Crippen LogP contribution in [0.5, 0.6) is 0 Å². The predicted octanol–water partition coefficient (Wildman–Crippen LogP) is 3.90. The number of carbonyl (C=O) groups is 1. The number of halogens is 1. The third-order valence-corrected chi connectivity index (χ3v) is 3.39. The van der Waals surface area contributed by atoms with E-state index in [-0.39, 0.29) is 11.4 Å². The summed E-state index contributed by atoms with van der Waals surface area (Å²) >= 11 is 0. The van der Waals surface area contributed by atoms with Crippen molar-refractivity contribution in [2.75, 3.05) is 11.1 Å². The van der Waals surface area contributed by atoms with Crippen LogP contribution in [0.15, 0.2) is 40.8 Å². The van der Waals surface area contributed by atoms with E-state index in [0.717, 1.165) is 0 Å². The number of furan rings is 1. The first kappa shape index (κ1) is 13.9. The van der Waals surface area contributed by atoms with Gasteiger partial charge in [-0.25, -0.2) is 9.18 Å². The van der Waals surface area contributed by atoms with Crippen LogP contribution >= 0.6 is 0 Å². The fourth-order valence-electron chi connectivity index (χ4n) is 2.40.